The Balaban J connectivity index is 1.75. The number of nitrogens with zero attached hydrogens (tertiary/aromatic N) is 1. The number of aromatic amines is 1. The second kappa shape index (κ2) is 6.12. The van der Waals surface area contributed by atoms with Crippen molar-refractivity contribution in [2.75, 3.05) is 18.1 Å². The predicted molar refractivity (Wildman–Crippen MR) is 90.6 cm³/mol. The molecule has 2 aromatic carbocycles. The van der Waals surface area contributed by atoms with E-state index in [2.05, 4.69) is 10.3 Å². The Kier molecular flexibility index (Phi) is 4.15. The van der Waals surface area contributed by atoms with Gasteiger partial charge in [-0.3, -0.25) is 4.57 Å². The normalized spacial score (nSPS) is 11.8. The Labute approximate surface area is 137 Å². The highest BCUT2D eigenvalue weighted by atomic mass is 32.2. The van der Waals surface area contributed by atoms with Crippen LogP contribution in [0.25, 0.3) is 11.0 Å². The first kappa shape index (κ1) is 16.3. The number of fused-ring (bicyclic) bond motifs is 1. The average Bonchev–Trinajstić information content (AvgIpc) is 2.84. The number of nitrogens with one attached hydrogen (secondary N) is 2. The summed E-state index contributed by atoms with van der Waals surface area (Å²) in [7, 11) is -3.45. The van der Waals surface area contributed by atoms with E-state index in [0.717, 1.165) is 23.4 Å². The predicted octanol–water partition coefficient (Wildman–Crippen LogP) is 1.98. The minimum atomic E-state index is -3.45. The molecule has 0 amide bonds. The van der Waals surface area contributed by atoms with Crippen molar-refractivity contribution in [3.8, 4) is 0 Å². The van der Waals surface area contributed by atoms with Crippen LogP contribution in [0.1, 0.15) is 0 Å². The highest BCUT2D eigenvalue weighted by Gasteiger charge is 2.11. The highest BCUT2D eigenvalue weighted by Crippen LogP contribution is 2.19. The summed E-state index contributed by atoms with van der Waals surface area (Å²) in [4.78, 5) is 14.6. The molecule has 0 aliphatic rings. The van der Waals surface area contributed by atoms with E-state index >= 15 is 0 Å². The van der Waals surface area contributed by atoms with Crippen LogP contribution in [0.15, 0.2) is 52.2 Å². The summed E-state index contributed by atoms with van der Waals surface area (Å²) in [5.41, 5.74) is 1.48. The summed E-state index contributed by atoms with van der Waals surface area (Å²) in [6.45, 7) is 0.660. The van der Waals surface area contributed by atoms with E-state index in [9.17, 15) is 17.6 Å². The molecule has 2 N–H and O–H groups in total. The van der Waals surface area contributed by atoms with Crippen molar-refractivity contribution in [1.29, 1.82) is 0 Å². The SMILES string of the molecule is CS(=O)(=O)c1ccc(NCCn2c(=O)[nH]c3ccccc32)c(F)c1. The van der Waals surface area contributed by atoms with Gasteiger partial charge in [-0.1, -0.05) is 12.1 Å². The summed E-state index contributed by atoms with van der Waals surface area (Å²) >= 11 is 0. The molecule has 0 radical (unpaired) electrons. The fourth-order valence-electron chi connectivity index (χ4n) is 2.50. The zero-order chi connectivity index (χ0) is 17.3. The Hall–Kier alpha value is -2.61. The van der Waals surface area contributed by atoms with Gasteiger partial charge in [-0.15, -0.1) is 0 Å². The quantitative estimate of drug-likeness (QED) is 0.738. The lowest BCUT2D eigenvalue weighted by Gasteiger charge is -2.09. The number of sulfone groups is 1. The van der Waals surface area contributed by atoms with Gasteiger partial charge < -0.3 is 10.3 Å². The molecular weight excluding hydrogens is 333 g/mol. The lowest BCUT2D eigenvalue weighted by atomic mass is 10.3. The molecule has 126 valence electrons. The number of imidazole rings is 1. The molecule has 8 heteroatoms. The minimum absolute atomic E-state index is 0.0709. The van der Waals surface area contributed by atoms with Gasteiger partial charge in [0.2, 0.25) is 0 Å². The van der Waals surface area contributed by atoms with Crippen LogP contribution in [0.2, 0.25) is 0 Å². The van der Waals surface area contributed by atoms with Crippen molar-refractivity contribution in [3.05, 3.63) is 58.8 Å². The fraction of sp³-hybridized carbons (Fsp3) is 0.188. The first-order valence-electron chi connectivity index (χ1n) is 7.27. The smallest absolute Gasteiger partial charge is 0.326 e. The number of hydrogen-bond donors (Lipinski definition) is 2. The van der Waals surface area contributed by atoms with E-state index in [0.29, 0.717) is 13.1 Å². The summed E-state index contributed by atoms with van der Waals surface area (Å²) in [6.07, 6.45) is 1.03. The van der Waals surface area contributed by atoms with Gasteiger partial charge >= 0.3 is 5.69 Å². The van der Waals surface area contributed by atoms with E-state index in [4.69, 9.17) is 0 Å². The minimum Gasteiger partial charge on any atom is -0.381 e. The lowest BCUT2D eigenvalue weighted by Crippen LogP contribution is -2.21. The maximum atomic E-state index is 14.0. The fourth-order valence-corrected chi connectivity index (χ4v) is 3.13. The zero-order valence-electron chi connectivity index (χ0n) is 12.9. The molecule has 0 saturated heterocycles. The van der Waals surface area contributed by atoms with Crippen molar-refractivity contribution in [3.63, 3.8) is 0 Å². The topological polar surface area (TPSA) is 84.0 Å². The molecule has 0 aliphatic heterocycles. The van der Waals surface area contributed by atoms with Crippen LogP contribution in [0, 0.1) is 5.82 Å². The van der Waals surface area contributed by atoms with Crippen LogP contribution < -0.4 is 11.0 Å². The number of hydrogen-bond acceptors (Lipinski definition) is 4. The molecule has 1 heterocycles. The largest absolute Gasteiger partial charge is 0.381 e. The van der Waals surface area contributed by atoms with Crippen molar-refractivity contribution in [1.82, 2.24) is 9.55 Å². The van der Waals surface area contributed by atoms with Gasteiger partial charge in [0.1, 0.15) is 5.82 Å². The molecule has 0 fully saturated rings. The van der Waals surface area contributed by atoms with E-state index < -0.39 is 15.7 Å². The first-order valence-corrected chi connectivity index (χ1v) is 9.16. The zero-order valence-corrected chi connectivity index (χ0v) is 13.7. The highest BCUT2D eigenvalue weighted by molar-refractivity contribution is 7.90. The van der Waals surface area contributed by atoms with E-state index in [1.54, 1.807) is 4.57 Å². The number of rotatable bonds is 5. The summed E-state index contributed by atoms with van der Waals surface area (Å²) in [5.74, 6) is -0.649. The van der Waals surface area contributed by atoms with Gasteiger partial charge in [-0.25, -0.2) is 17.6 Å². The Morgan fingerprint density at radius 1 is 1.21 bits per heavy atom. The van der Waals surface area contributed by atoms with Gasteiger partial charge in [0.15, 0.2) is 9.84 Å². The summed E-state index contributed by atoms with van der Waals surface area (Å²) < 4.78 is 38.3. The second-order valence-electron chi connectivity index (χ2n) is 5.44. The Morgan fingerprint density at radius 3 is 2.67 bits per heavy atom. The third-order valence-corrected chi connectivity index (χ3v) is 4.81. The number of benzene rings is 2. The van der Waals surface area contributed by atoms with Gasteiger partial charge in [0.05, 0.1) is 21.6 Å². The van der Waals surface area contributed by atoms with Crippen LogP contribution in [0.4, 0.5) is 10.1 Å². The monoisotopic (exact) mass is 349 g/mol. The van der Waals surface area contributed by atoms with Crippen molar-refractivity contribution in [2.45, 2.75) is 11.4 Å². The molecule has 0 unspecified atom stereocenters. The number of para-hydroxylation sites is 2. The molecule has 1 aromatic heterocycles. The molecule has 3 aromatic rings. The van der Waals surface area contributed by atoms with Crippen LogP contribution in [0.5, 0.6) is 0 Å². The van der Waals surface area contributed by atoms with E-state index in [1.165, 1.54) is 12.1 Å². The molecular formula is C16H16FN3O3S. The Bertz CT molecular complexity index is 1050. The van der Waals surface area contributed by atoms with Crippen molar-refractivity contribution in [2.24, 2.45) is 0 Å². The molecule has 24 heavy (non-hydrogen) atoms. The molecule has 6 nitrogen and oxygen atoms in total. The average molecular weight is 349 g/mol. The molecule has 0 aliphatic carbocycles. The van der Waals surface area contributed by atoms with Crippen LogP contribution in [-0.4, -0.2) is 30.8 Å². The standard InChI is InChI=1S/C16H16FN3O3S/c1-24(22,23)11-6-7-13(12(17)10-11)18-8-9-20-15-5-3-2-4-14(15)19-16(20)21/h2-7,10,18H,8-9H2,1H3,(H,19,21). The van der Waals surface area contributed by atoms with Gasteiger partial charge in [-0.05, 0) is 30.3 Å². The van der Waals surface area contributed by atoms with Gasteiger partial charge in [0.25, 0.3) is 0 Å². The Morgan fingerprint density at radius 2 is 1.96 bits per heavy atom. The molecule has 0 spiro atoms. The first-order chi connectivity index (χ1) is 11.4. The maximum absolute atomic E-state index is 14.0. The molecule has 0 saturated carbocycles. The molecule has 0 atom stereocenters. The third kappa shape index (κ3) is 3.18. The van der Waals surface area contributed by atoms with E-state index in [1.807, 2.05) is 24.3 Å². The van der Waals surface area contributed by atoms with Crippen molar-refractivity contribution < 1.29 is 12.8 Å². The lowest BCUT2D eigenvalue weighted by molar-refractivity contribution is 0.596. The number of halogens is 1. The second-order valence-corrected chi connectivity index (χ2v) is 7.46. The number of aromatic nitrogens is 2. The molecule has 3 rings (SSSR count). The van der Waals surface area contributed by atoms with Crippen LogP contribution >= 0.6 is 0 Å². The maximum Gasteiger partial charge on any atom is 0.326 e. The number of anilines is 1. The van der Waals surface area contributed by atoms with Crippen molar-refractivity contribution >= 4 is 26.6 Å². The van der Waals surface area contributed by atoms with Gasteiger partial charge in [-0.2, -0.15) is 0 Å². The third-order valence-electron chi connectivity index (χ3n) is 3.70. The van der Waals surface area contributed by atoms with Crippen LogP contribution in [-0.2, 0) is 16.4 Å². The van der Waals surface area contributed by atoms with E-state index in [-0.39, 0.29) is 16.3 Å². The molecule has 0 bridgehead atoms. The van der Waals surface area contributed by atoms with Gasteiger partial charge in [0, 0.05) is 19.3 Å². The summed E-state index contributed by atoms with van der Waals surface area (Å²) in [6, 6.07) is 11.0. The number of H-pyrrole nitrogens is 1. The van der Waals surface area contributed by atoms with Crippen LogP contribution in [0.3, 0.4) is 0 Å². The summed E-state index contributed by atoms with van der Waals surface area (Å²) in [5, 5.41) is 2.88.